The van der Waals surface area contributed by atoms with E-state index in [1.54, 1.807) is 12.1 Å². The quantitative estimate of drug-likeness (QED) is 0.742. The molecule has 0 fully saturated rings. The van der Waals surface area contributed by atoms with Crippen molar-refractivity contribution >= 4 is 27.8 Å². The van der Waals surface area contributed by atoms with Gasteiger partial charge in [0.05, 0.1) is 4.90 Å². The number of hydrogen-bond donors (Lipinski definition) is 3. The van der Waals surface area contributed by atoms with E-state index in [4.69, 9.17) is 0 Å². The summed E-state index contributed by atoms with van der Waals surface area (Å²) >= 11 is 1.06. The zero-order valence-electron chi connectivity index (χ0n) is 13.3. The molecule has 0 aliphatic carbocycles. The van der Waals surface area contributed by atoms with Gasteiger partial charge in [-0.1, -0.05) is 59.8 Å². The van der Waals surface area contributed by atoms with Gasteiger partial charge in [0.15, 0.2) is 0 Å². The molecule has 2 aromatic carbocycles. The van der Waals surface area contributed by atoms with E-state index in [9.17, 15) is 18.3 Å². The SMILES string of the molecule is Cc1ccc(S(=O)(=O)NC2=C(C(=O)O)SC(c3ccccc3)N2)cc1. The molecule has 8 heteroatoms. The van der Waals surface area contributed by atoms with Crippen molar-refractivity contribution in [2.75, 3.05) is 0 Å². The average Bonchev–Trinajstić information content (AvgIpc) is 2.99. The number of carbonyl (C=O) groups is 1. The summed E-state index contributed by atoms with van der Waals surface area (Å²) in [5.41, 5.74) is 1.79. The van der Waals surface area contributed by atoms with Gasteiger partial charge in [-0.05, 0) is 24.6 Å². The van der Waals surface area contributed by atoms with E-state index in [1.165, 1.54) is 12.1 Å². The van der Waals surface area contributed by atoms with Crippen molar-refractivity contribution in [1.29, 1.82) is 0 Å². The Kier molecular flexibility index (Phi) is 4.73. The Balaban J connectivity index is 1.87. The van der Waals surface area contributed by atoms with Gasteiger partial charge in [0, 0.05) is 0 Å². The van der Waals surface area contributed by atoms with E-state index in [0.29, 0.717) is 0 Å². The van der Waals surface area contributed by atoms with Crippen molar-refractivity contribution in [2.45, 2.75) is 17.2 Å². The van der Waals surface area contributed by atoms with Gasteiger partial charge in [-0.3, -0.25) is 4.72 Å². The topological polar surface area (TPSA) is 95.5 Å². The molecule has 0 amide bonds. The summed E-state index contributed by atoms with van der Waals surface area (Å²) in [5, 5.41) is 12.0. The monoisotopic (exact) mass is 376 g/mol. The molecule has 0 spiro atoms. The number of rotatable bonds is 5. The first kappa shape index (κ1) is 17.4. The number of nitrogens with one attached hydrogen (secondary N) is 2. The lowest BCUT2D eigenvalue weighted by atomic mass is 10.2. The Morgan fingerprint density at radius 1 is 1.12 bits per heavy atom. The molecule has 130 valence electrons. The molecule has 0 bridgehead atoms. The maximum Gasteiger partial charge on any atom is 0.346 e. The number of benzene rings is 2. The van der Waals surface area contributed by atoms with E-state index < -0.39 is 16.0 Å². The van der Waals surface area contributed by atoms with Crippen molar-refractivity contribution in [1.82, 2.24) is 10.0 Å². The molecule has 1 atom stereocenters. The number of carboxylic acid groups (broad SMARTS) is 1. The highest BCUT2D eigenvalue weighted by Crippen LogP contribution is 2.39. The number of aliphatic carboxylic acids is 1. The minimum atomic E-state index is -3.88. The number of sulfonamides is 1. The van der Waals surface area contributed by atoms with Gasteiger partial charge in [-0.2, -0.15) is 0 Å². The van der Waals surface area contributed by atoms with Crippen LogP contribution in [0.2, 0.25) is 0 Å². The van der Waals surface area contributed by atoms with Crippen LogP contribution in [0.25, 0.3) is 0 Å². The van der Waals surface area contributed by atoms with E-state index in [-0.39, 0.29) is 21.0 Å². The third kappa shape index (κ3) is 3.80. The summed E-state index contributed by atoms with van der Waals surface area (Å²) in [6.07, 6.45) is 0. The molecule has 0 radical (unpaired) electrons. The summed E-state index contributed by atoms with van der Waals surface area (Å²) in [5.74, 6) is -1.20. The second-order valence-corrected chi connectivity index (χ2v) is 8.28. The molecule has 1 unspecified atom stereocenters. The minimum Gasteiger partial charge on any atom is -0.477 e. The third-order valence-corrected chi connectivity index (χ3v) is 6.21. The Bertz CT molecular complexity index is 923. The predicted molar refractivity (Wildman–Crippen MR) is 96.1 cm³/mol. The van der Waals surface area contributed by atoms with Gasteiger partial charge in [0.1, 0.15) is 16.1 Å². The van der Waals surface area contributed by atoms with Crippen LogP contribution in [0.15, 0.2) is 70.2 Å². The van der Waals surface area contributed by atoms with E-state index in [0.717, 1.165) is 22.9 Å². The largest absolute Gasteiger partial charge is 0.477 e. The van der Waals surface area contributed by atoms with Crippen LogP contribution >= 0.6 is 11.8 Å². The number of aryl methyl sites for hydroxylation is 1. The van der Waals surface area contributed by atoms with E-state index >= 15 is 0 Å². The standard InChI is InChI=1S/C17H16N2O4S2/c1-11-7-9-13(10-8-11)25(22,23)19-15-14(17(20)21)24-16(18-15)12-5-3-2-4-6-12/h2-10,16,18-19H,1H3,(H,20,21). The lowest BCUT2D eigenvalue weighted by Crippen LogP contribution is -2.31. The zero-order valence-corrected chi connectivity index (χ0v) is 14.9. The van der Waals surface area contributed by atoms with Crippen molar-refractivity contribution in [3.63, 3.8) is 0 Å². The van der Waals surface area contributed by atoms with E-state index in [1.807, 2.05) is 37.3 Å². The number of carboxylic acids is 1. The maximum atomic E-state index is 12.5. The van der Waals surface area contributed by atoms with Gasteiger partial charge in [-0.25, -0.2) is 13.2 Å². The number of hydrogen-bond acceptors (Lipinski definition) is 5. The Hall–Kier alpha value is -2.45. The highest BCUT2D eigenvalue weighted by atomic mass is 32.2. The van der Waals surface area contributed by atoms with Crippen LogP contribution in [0, 0.1) is 6.92 Å². The highest BCUT2D eigenvalue weighted by molar-refractivity contribution is 8.04. The summed E-state index contributed by atoms with van der Waals surface area (Å²) in [6.45, 7) is 1.86. The first-order chi connectivity index (χ1) is 11.9. The molecule has 25 heavy (non-hydrogen) atoms. The summed E-state index contributed by atoms with van der Waals surface area (Å²) in [6, 6.07) is 15.6. The fourth-order valence-electron chi connectivity index (χ4n) is 2.33. The maximum absolute atomic E-state index is 12.5. The zero-order chi connectivity index (χ0) is 18.0. The van der Waals surface area contributed by atoms with Crippen molar-refractivity contribution in [2.24, 2.45) is 0 Å². The average molecular weight is 376 g/mol. The highest BCUT2D eigenvalue weighted by Gasteiger charge is 2.32. The first-order valence-corrected chi connectivity index (χ1v) is 9.78. The second kappa shape index (κ2) is 6.81. The lowest BCUT2D eigenvalue weighted by molar-refractivity contribution is -0.131. The summed E-state index contributed by atoms with van der Waals surface area (Å²) < 4.78 is 27.4. The van der Waals surface area contributed by atoms with Crippen molar-refractivity contribution in [3.8, 4) is 0 Å². The molecule has 3 rings (SSSR count). The first-order valence-electron chi connectivity index (χ1n) is 7.42. The molecule has 0 saturated carbocycles. The normalized spacial score (nSPS) is 17.2. The smallest absolute Gasteiger partial charge is 0.346 e. The third-order valence-electron chi connectivity index (χ3n) is 3.60. The summed E-state index contributed by atoms with van der Waals surface area (Å²) in [4.78, 5) is 11.5. The fraction of sp³-hybridized carbons (Fsp3) is 0.118. The van der Waals surface area contributed by atoms with Gasteiger partial charge in [0.25, 0.3) is 10.0 Å². The molecule has 2 aromatic rings. The summed E-state index contributed by atoms with van der Waals surface area (Å²) in [7, 11) is -3.88. The van der Waals surface area contributed by atoms with Crippen LogP contribution in [-0.4, -0.2) is 19.5 Å². The van der Waals surface area contributed by atoms with Crippen LogP contribution in [-0.2, 0) is 14.8 Å². The van der Waals surface area contributed by atoms with Crippen LogP contribution in [0.4, 0.5) is 0 Å². The van der Waals surface area contributed by atoms with Crippen LogP contribution < -0.4 is 10.0 Å². The molecule has 1 aliphatic heterocycles. The van der Waals surface area contributed by atoms with Gasteiger partial charge in [0.2, 0.25) is 0 Å². The fourth-order valence-corrected chi connectivity index (χ4v) is 4.47. The Morgan fingerprint density at radius 2 is 1.76 bits per heavy atom. The Labute approximate surface area is 150 Å². The molecule has 3 N–H and O–H groups in total. The molecule has 1 aliphatic rings. The van der Waals surface area contributed by atoms with Crippen LogP contribution in [0.3, 0.4) is 0 Å². The van der Waals surface area contributed by atoms with Crippen LogP contribution in [0.1, 0.15) is 16.5 Å². The second-order valence-electron chi connectivity index (χ2n) is 5.48. The molecular weight excluding hydrogens is 360 g/mol. The van der Waals surface area contributed by atoms with Gasteiger partial charge >= 0.3 is 5.97 Å². The van der Waals surface area contributed by atoms with Crippen LogP contribution in [0.5, 0.6) is 0 Å². The molecule has 0 saturated heterocycles. The molecular formula is C17H16N2O4S2. The number of thioether (sulfide) groups is 1. The Morgan fingerprint density at radius 3 is 2.36 bits per heavy atom. The molecule has 1 heterocycles. The van der Waals surface area contributed by atoms with Gasteiger partial charge < -0.3 is 10.4 Å². The lowest BCUT2D eigenvalue weighted by Gasteiger charge is -2.14. The van der Waals surface area contributed by atoms with Crippen molar-refractivity contribution < 1.29 is 18.3 Å². The minimum absolute atomic E-state index is 0.0214. The molecule has 0 aromatic heterocycles. The van der Waals surface area contributed by atoms with Crippen molar-refractivity contribution in [3.05, 3.63) is 76.5 Å². The van der Waals surface area contributed by atoms with Gasteiger partial charge in [-0.15, -0.1) is 0 Å². The predicted octanol–water partition coefficient (Wildman–Crippen LogP) is 2.56. The molecule has 6 nitrogen and oxygen atoms in total. The van der Waals surface area contributed by atoms with E-state index in [2.05, 4.69) is 10.0 Å².